The number of hydrogen-bond acceptors (Lipinski definition) is 3. The van der Waals surface area contributed by atoms with Gasteiger partial charge in [0.2, 0.25) is 11.8 Å². The van der Waals surface area contributed by atoms with Crippen molar-refractivity contribution < 1.29 is 22.8 Å². The number of carbonyl (C=O) groups excluding carboxylic acids is 2. The number of hydrogen-bond donors (Lipinski definition) is 1. The number of nitrogens with one attached hydrogen (secondary N) is 1. The highest BCUT2D eigenvalue weighted by Gasteiger charge is 2.30. The molecule has 0 aliphatic carbocycles. The number of alkyl halides is 3. The number of rotatable bonds is 5. The van der Waals surface area contributed by atoms with E-state index in [0.717, 1.165) is 17.8 Å². The molecule has 2 aromatic carbocycles. The molecule has 1 N–H and O–H groups in total. The Morgan fingerprint density at radius 1 is 0.931 bits per heavy atom. The SMILES string of the molecule is O=C(Cc1cccc(C(F)(F)F)c1)NCC(=O)N1CCN(c2ccccc2)CC1. The first-order chi connectivity index (χ1) is 13.8. The van der Waals surface area contributed by atoms with Crippen LogP contribution in [0.4, 0.5) is 18.9 Å². The lowest BCUT2D eigenvalue weighted by Gasteiger charge is -2.36. The number of anilines is 1. The second kappa shape index (κ2) is 8.98. The minimum Gasteiger partial charge on any atom is -0.368 e. The van der Waals surface area contributed by atoms with E-state index in [0.29, 0.717) is 26.2 Å². The number of amides is 2. The molecule has 0 saturated carbocycles. The van der Waals surface area contributed by atoms with E-state index in [1.54, 1.807) is 4.90 Å². The second-order valence-corrected chi connectivity index (χ2v) is 6.86. The van der Waals surface area contributed by atoms with Gasteiger partial charge >= 0.3 is 6.18 Å². The van der Waals surface area contributed by atoms with Crippen LogP contribution < -0.4 is 10.2 Å². The van der Waals surface area contributed by atoms with Crippen molar-refractivity contribution in [1.82, 2.24) is 10.2 Å². The van der Waals surface area contributed by atoms with Crippen LogP contribution in [0, 0.1) is 0 Å². The van der Waals surface area contributed by atoms with Gasteiger partial charge in [0, 0.05) is 31.9 Å². The van der Waals surface area contributed by atoms with E-state index in [9.17, 15) is 22.8 Å². The quantitative estimate of drug-likeness (QED) is 0.832. The minimum absolute atomic E-state index is 0.164. The molecule has 1 fully saturated rings. The van der Waals surface area contributed by atoms with Crippen molar-refractivity contribution in [3.05, 3.63) is 65.7 Å². The number of benzene rings is 2. The summed E-state index contributed by atoms with van der Waals surface area (Å²) in [4.78, 5) is 28.2. The summed E-state index contributed by atoms with van der Waals surface area (Å²) in [7, 11) is 0. The van der Waals surface area contributed by atoms with E-state index in [-0.39, 0.29) is 24.4 Å². The minimum atomic E-state index is -4.45. The van der Waals surface area contributed by atoms with Crippen LogP contribution in [0.2, 0.25) is 0 Å². The van der Waals surface area contributed by atoms with Gasteiger partial charge in [-0.3, -0.25) is 9.59 Å². The lowest BCUT2D eigenvalue weighted by Crippen LogP contribution is -2.51. The predicted octanol–water partition coefficient (Wildman–Crippen LogP) is 2.71. The maximum absolute atomic E-state index is 12.7. The first-order valence-corrected chi connectivity index (χ1v) is 9.33. The fourth-order valence-corrected chi connectivity index (χ4v) is 3.24. The zero-order chi connectivity index (χ0) is 20.9. The van der Waals surface area contributed by atoms with Crippen molar-refractivity contribution in [3.8, 4) is 0 Å². The fraction of sp³-hybridized carbons (Fsp3) is 0.333. The second-order valence-electron chi connectivity index (χ2n) is 6.86. The molecule has 2 aromatic rings. The van der Waals surface area contributed by atoms with Crippen molar-refractivity contribution in [2.24, 2.45) is 0 Å². The summed E-state index contributed by atoms with van der Waals surface area (Å²) in [6.07, 6.45) is -4.66. The molecule has 1 heterocycles. The summed E-state index contributed by atoms with van der Waals surface area (Å²) >= 11 is 0. The van der Waals surface area contributed by atoms with Gasteiger partial charge in [-0.05, 0) is 23.8 Å². The lowest BCUT2D eigenvalue weighted by molar-refractivity contribution is -0.137. The Bertz CT molecular complexity index is 848. The van der Waals surface area contributed by atoms with Gasteiger partial charge in [-0.1, -0.05) is 36.4 Å². The normalized spacial score (nSPS) is 14.6. The molecule has 2 amide bonds. The largest absolute Gasteiger partial charge is 0.416 e. The third kappa shape index (κ3) is 5.73. The van der Waals surface area contributed by atoms with E-state index < -0.39 is 17.6 Å². The highest BCUT2D eigenvalue weighted by atomic mass is 19.4. The standard InChI is InChI=1S/C21H22F3N3O2/c22-21(23,24)17-6-4-5-16(13-17)14-19(28)25-15-20(29)27-11-9-26(10-12-27)18-7-2-1-3-8-18/h1-8,13H,9-12,14-15H2,(H,25,28). The zero-order valence-electron chi connectivity index (χ0n) is 15.8. The highest BCUT2D eigenvalue weighted by Crippen LogP contribution is 2.29. The third-order valence-electron chi connectivity index (χ3n) is 4.81. The number of halogens is 3. The Kier molecular flexibility index (Phi) is 6.41. The highest BCUT2D eigenvalue weighted by molar-refractivity contribution is 5.85. The Labute approximate surface area is 167 Å². The van der Waals surface area contributed by atoms with Crippen molar-refractivity contribution in [2.75, 3.05) is 37.6 Å². The van der Waals surface area contributed by atoms with Gasteiger partial charge in [0.05, 0.1) is 18.5 Å². The monoisotopic (exact) mass is 405 g/mol. The van der Waals surface area contributed by atoms with Crippen LogP contribution in [-0.4, -0.2) is 49.4 Å². The van der Waals surface area contributed by atoms with Gasteiger partial charge in [-0.2, -0.15) is 13.2 Å². The van der Waals surface area contributed by atoms with E-state index in [2.05, 4.69) is 10.2 Å². The molecule has 0 spiro atoms. The van der Waals surface area contributed by atoms with Crippen LogP contribution in [0.1, 0.15) is 11.1 Å². The average Bonchev–Trinajstić information content (AvgIpc) is 2.72. The molecule has 0 unspecified atom stereocenters. The maximum atomic E-state index is 12.7. The van der Waals surface area contributed by atoms with Gasteiger partial charge in [0.1, 0.15) is 0 Å². The Morgan fingerprint density at radius 3 is 2.28 bits per heavy atom. The molecule has 0 aromatic heterocycles. The molecular weight excluding hydrogens is 383 g/mol. The molecule has 8 heteroatoms. The van der Waals surface area contributed by atoms with Crippen LogP contribution in [0.15, 0.2) is 54.6 Å². The van der Waals surface area contributed by atoms with E-state index in [1.807, 2.05) is 30.3 Å². The molecule has 1 aliphatic heterocycles. The number of carbonyl (C=O) groups is 2. The predicted molar refractivity (Wildman–Crippen MR) is 103 cm³/mol. The molecule has 0 bridgehead atoms. The van der Waals surface area contributed by atoms with Gasteiger partial charge in [-0.15, -0.1) is 0 Å². The van der Waals surface area contributed by atoms with Crippen LogP contribution in [0.5, 0.6) is 0 Å². The lowest BCUT2D eigenvalue weighted by atomic mass is 10.1. The summed E-state index contributed by atoms with van der Waals surface area (Å²) in [5, 5.41) is 2.50. The first kappa shape index (κ1) is 20.7. The van der Waals surface area contributed by atoms with E-state index >= 15 is 0 Å². The molecule has 5 nitrogen and oxygen atoms in total. The average molecular weight is 405 g/mol. The van der Waals surface area contributed by atoms with Crippen molar-refractivity contribution >= 4 is 17.5 Å². The van der Waals surface area contributed by atoms with Gasteiger partial charge in [-0.25, -0.2) is 0 Å². The summed E-state index contributed by atoms with van der Waals surface area (Å²) in [6.45, 7) is 2.35. The number of piperazine rings is 1. The Hall–Kier alpha value is -3.03. The van der Waals surface area contributed by atoms with E-state index in [1.165, 1.54) is 12.1 Å². The topological polar surface area (TPSA) is 52.7 Å². The summed E-state index contributed by atoms with van der Waals surface area (Å²) < 4.78 is 38.2. The summed E-state index contributed by atoms with van der Waals surface area (Å²) in [5.41, 5.74) is 0.561. The molecule has 154 valence electrons. The summed E-state index contributed by atoms with van der Waals surface area (Å²) in [5.74, 6) is -0.685. The number of nitrogens with zero attached hydrogens (tertiary/aromatic N) is 2. The molecule has 29 heavy (non-hydrogen) atoms. The molecule has 1 aliphatic rings. The maximum Gasteiger partial charge on any atom is 0.416 e. The Balaban J connectivity index is 1.44. The van der Waals surface area contributed by atoms with Crippen LogP contribution in [-0.2, 0) is 22.2 Å². The van der Waals surface area contributed by atoms with Gasteiger partial charge in [0.25, 0.3) is 0 Å². The smallest absolute Gasteiger partial charge is 0.368 e. The summed E-state index contributed by atoms with van der Waals surface area (Å²) in [6, 6.07) is 14.5. The van der Waals surface area contributed by atoms with Crippen molar-refractivity contribution in [3.63, 3.8) is 0 Å². The molecular formula is C21H22F3N3O2. The third-order valence-corrected chi connectivity index (χ3v) is 4.81. The molecule has 0 atom stereocenters. The van der Waals surface area contributed by atoms with E-state index in [4.69, 9.17) is 0 Å². The number of para-hydroxylation sites is 1. The molecule has 3 rings (SSSR count). The van der Waals surface area contributed by atoms with Crippen LogP contribution in [0.3, 0.4) is 0 Å². The molecule has 1 saturated heterocycles. The van der Waals surface area contributed by atoms with Crippen molar-refractivity contribution in [1.29, 1.82) is 0 Å². The van der Waals surface area contributed by atoms with Gasteiger partial charge in [0.15, 0.2) is 0 Å². The zero-order valence-corrected chi connectivity index (χ0v) is 15.8. The van der Waals surface area contributed by atoms with Crippen molar-refractivity contribution in [2.45, 2.75) is 12.6 Å². The van der Waals surface area contributed by atoms with Gasteiger partial charge < -0.3 is 15.1 Å². The van der Waals surface area contributed by atoms with Crippen LogP contribution in [0.25, 0.3) is 0 Å². The fourth-order valence-electron chi connectivity index (χ4n) is 3.24. The first-order valence-electron chi connectivity index (χ1n) is 9.33. The molecule has 0 radical (unpaired) electrons. The van der Waals surface area contributed by atoms with Crippen LogP contribution >= 0.6 is 0 Å². The Morgan fingerprint density at radius 2 is 1.62 bits per heavy atom.